The van der Waals surface area contributed by atoms with Crippen LogP contribution in [0.3, 0.4) is 0 Å². The smallest absolute Gasteiger partial charge is 0.338 e. The Hall–Kier alpha value is -3.02. The first-order chi connectivity index (χ1) is 12.5. The molecule has 0 bridgehead atoms. The van der Waals surface area contributed by atoms with Crippen molar-refractivity contribution in [2.24, 2.45) is 0 Å². The summed E-state index contributed by atoms with van der Waals surface area (Å²) in [4.78, 5) is 24.2. The van der Waals surface area contributed by atoms with Crippen molar-refractivity contribution < 1.29 is 23.8 Å². The quantitative estimate of drug-likeness (QED) is 0.771. The largest absolute Gasteiger partial charge is 0.497 e. The fraction of sp³-hybridized carbons (Fsp3) is 0.300. The second-order valence-corrected chi connectivity index (χ2v) is 5.79. The highest BCUT2D eigenvalue weighted by Crippen LogP contribution is 2.29. The van der Waals surface area contributed by atoms with E-state index >= 15 is 0 Å². The molecule has 0 heterocycles. The number of rotatable bonds is 7. The Morgan fingerprint density at radius 1 is 1.08 bits per heavy atom. The van der Waals surface area contributed by atoms with Gasteiger partial charge in [0.25, 0.3) is 5.91 Å². The minimum atomic E-state index is -0.523. The summed E-state index contributed by atoms with van der Waals surface area (Å²) in [5.41, 5.74) is 2.01. The number of aryl methyl sites for hydroxylation is 1. The van der Waals surface area contributed by atoms with Gasteiger partial charge in [-0.05, 0) is 43.7 Å². The molecule has 0 radical (unpaired) electrons. The van der Waals surface area contributed by atoms with Crippen LogP contribution in [-0.4, -0.2) is 32.7 Å². The lowest BCUT2D eigenvalue weighted by Crippen LogP contribution is -2.31. The first-order valence-corrected chi connectivity index (χ1v) is 8.20. The maximum Gasteiger partial charge on any atom is 0.338 e. The summed E-state index contributed by atoms with van der Waals surface area (Å²) in [7, 11) is 3.13. The predicted molar refractivity (Wildman–Crippen MR) is 97.6 cm³/mol. The molecule has 2 rings (SSSR count). The lowest BCUT2D eigenvalue weighted by atomic mass is 10.1. The predicted octanol–water partition coefficient (Wildman–Crippen LogP) is 3.05. The summed E-state index contributed by atoms with van der Waals surface area (Å²) < 4.78 is 15.6. The highest BCUT2D eigenvalue weighted by molar-refractivity contribution is 5.92. The molecule has 138 valence electrons. The van der Waals surface area contributed by atoms with Crippen LogP contribution < -0.4 is 14.8 Å². The molecule has 6 heteroatoms. The average Bonchev–Trinajstić information content (AvgIpc) is 2.65. The summed E-state index contributed by atoms with van der Waals surface area (Å²) in [6.45, 7) is 3.27. The van der Waals surface area contributed by atoms with Gasteiger partial charge in [-0.2, -0.15) is 0 Å². The van der Waals surface area contributed by atoms with Gasteiger partial charge < -0.3 is 19.5 Å². The van der Waals surface area contributed by atoms with Crippen molar-refractivity contribution in [3.8, 4) is 11.5 Å². The molecule has 6 nitrogen and oxygen atoms in total. The van der Waals surface area contributed by atoms with E-state index in [1.54, 1.807) is 44.6 Å². The second kappa shape index (κ2) is 8.89. The van der Waals surface area contributed by atoms with Crippen molar-refractivity contribution in [1.82, 2.24) is 5.32 Å². The van der Waals surface area contributed by atoms with Crippen molar-refractivity contribution in [2.75, 3.05) is 20.8 Å². The van der Waals surface area contributed by atoms with Crippen molar-refractivity contribution in [3.63, 3.8) is 0 Å². The normalized spacial score (nSPS) is 11.4. The van der Waals surface area contributed by atoms with Crippen LogP contribution in [0.4, 0.5) is 0 Å². The summed E-state index contributed by atoms with van der Waals surface area (Å²) >= 11 is 0. The monoisotopic (exact) mass is 357 g/mol. The summed E-state index contributed by atoms with van der Waals surface area (Å²) in [6.07, 6.45) is 0. The Kier molecular flexibility index (Phi) is 6.60. The van der Waals surface area contributed by atoms with E-state index in [1.807, 2.05) is 26.0 Å². The average molecular weight is 357 g/mol. The summed E-state index contributed by atoms with van der Waals surface area (Å²) in [6, 6.07) is 12.1. The van der Waals surface area contributed by atoms with E-state index in [0.717, 1.165) is 11.1 Å². The zero-order chi connectivity index (χ0) is 19.1. The van der Waals surface area contributed by atoms with Gasteiger partial charge in [-0.25, -0.2) is 4.79 Å². The lowest BCUT2D eigenvalue weighted by Gasteiger charge is -2.18. The van der Waals surface area contributed by atoms with Crippen molar-refractivity contribution >= 4 is 11.9 Å². The van der Waals surface area contributed by atoms with E-state index in [1.165, 1.54) is 0 Å². The van der Waals surface area contributed by atoms with Gasteiger partial charge in [-0.1, -0.05) is 18.2 Å². The number of carbonyl (C=O) groups excluding carboxylic acids is 2. The molecule has 0 aromatic heterocycles. The molecule has 0 spiro atoms. The molecule has 1 atom stereocenters. The van der Waals surface area contributed by atoms with Crippen molar-refractivity contribution in [3.05, 3.63) is 59.2 Å². The Morgan fingerprint density at radius 3 is 2.46 bits per heavy atom. The molecule has 1 N–H and O–H groups in total. The van der Waals surface area contributed by atoms with Gasteiger partial charge in [0.1, 0.15) is 11.5 Å². The van der Waals surface area contributed by atoms with Crippen LogP contribution in [0.1, 0.15) is 34.5 Å². The van der Waals surface area contributed by atoms with Gasteiger partial charge in [0, 0.05) is 5.56 Å². The fourth-order valence-electron chi connectivity index (χ4n) is 2.55. The van der Waals surface area contributed by atoms with Crippen molar-refractivity contribution in [2.45, 2.75) is 19.9 Å². The van der Waals surface area contributed by atoms with Crippen LogP contribution in [0.15, 0.2) is 42.5 Å². The van der Waals surface area contributed by atoms with Gasteiger partial charge in [0.15, 0.2) is 6.61 Å². The Balaban J connectivity index is 1.97. The number of esters is 1. The lowest BCUT2D eigenvalue weighted by molar-refractivity contribution is -0.124. The van der Waals surface area contributed by atoms with Gasteiger partial charge in [0.05, 0.1) is 25.8 Å². The molecule has 0 aliphatic rings. The van der Waals surface area contributed by atoms with E-state index in [2.05, 4.69) is 5.32 Å². The van der Waals surface area contributed by atoms with Gasteiger partial charge in [-0.15, -0.1) is 0 Å². The van der Waals surface area contributed by atoms with E-state index in [9.17, 15) is 9.59 Å². The molecular weight excluding hydrogens is 334 g/mol. The first-order valence-electron chi connectivity index (χ1n) is 8.20. The fourth-order valence-corrected chi connectivity index (χ4v) is 2.55. The zero-order valence-electron chi connectivity index (χ0n) is 15.4. The number of carbonyl (C=O) groups is 2. The maximum atomic E-state index is 12.1. The number of benzene rings is 2. The van der Waals surface area contributed by atoms with Gasteiger partial charge in [0.2, 0.25) is 0 Å². The molecular formula is C20H23NO5. The molecule has 0 aliphatic heterocycles. The van der Waals surface area contributed by atoms with Gasteiger partial charge >= 0.3 is 5.97 Å². The molecule has 26 heavy (non-hydrogen) atoms. The van der Waals surface area contributed by atoms with Crippen molar-refractivity contribution in [1.29, 1.82) is 0 Å². The number of methoxy groups -OCH3 is 2. The minimum Gasteiger partial charge on any atom is -0.497 e. The second-order valence-electron chi connectivity index (χ2n) is 5.79. The van der Waals surface area contributed by atoms with Crippen LogP contribution in [-0.2, 0) is 9.53 Å². The maximum absolute atomic E-state index is 12.1. The molecule has 2 aromatic rings. The van der Waals surface area contributed by atoms with Crippen LogP contribution in [0.25, 0.3) is 0 Å². The van der Waals surface area contributed by atoms with Crippen LogP contribution in [0, 0.1) is 6.92 Å². The first kappa shape index (κ1) is 19.3. The van der Waals surface area contributed by atoms with Gasteiger partial charge in [-0.3, -0.25) is 4.79 Å². The zero-order valence-corrected chi connectivity index (χ0v) is 15.4. The molecule has 0 unspecified atom stereocenters. The van der Waals surface area contributed by atoms with Crippen LogP contribution >= 0.6 is 0 Å². The van der Waals surface area contributed by atoms with E-state index in [4.69, 9.17) is 14.2 Å². The topological polar surface area (TPSA) is 73.9 Å². The third kappa shape index (κ3) is 4.75. The van der Waals surface area contributed by atoms with Crippen LogP contribution in [0.2, 0.25) is 0 Å². The number of hydrogen-bond acceptors (Lipinski definition) is 5. The Bertz CT molecular complexity index is 788. The molecule has 0 saturated carbocycles. The molecule has 2 aromatic carbocycles. The Morgan fingerprint density at radius 2 is 1.81 bits per heavy atom. The molecule has 0 saturated heterocycles. The van der Waals surface area contributed by atoms with E-state index < -0.39 is 11.9 Å². The number of amides is 1. The third-order valence-corrected chi connectivity index (χ3v) is 3.98. The number of ether oxygens (including phenoxy) is 3. The SMILES string of the molecule is COc1ccc(OC)c([C@@H](C)NC(=O)COC(=O)c2ccccc2C)c1. The summed E-state index contributed by atoms with van der Waals surface area (Å²) in [5, 5.41) is 2.79. The highest BCUT2D eigenvalue weighted by atomic mass is 16.5. The third-order valence-electron chi connectivity index (χ3n) is 3.98. The minimum absolute atomic E-state index is 0.343. The number of nitrogens with one attached hydrogen (secondary N) is 1. The molecule has 0 aliphatic carbocycles. The molecule has 0 fully saturated rings. The highest BCUT2D eigenvalue weighted by Gasteiger charge is 2.17. The van der Waals surface area contributed by atoms with E-state index in [-0.39, 0.29) is 12.6 Å². The Labute approximate surface area is 153 Å². The number of hydrogen-bond donors (Lipinski definition) is 1. The summed E-state index contributed by atoms with van der Waals surface area (Å²) in [5.74, 6) is 0.373. The standard InChI is InChI=1S/C20H23NO5/c1-13-7-5-6-8-16(13)20(23)26-12-19(22)21-14(2)17-11-15(24-3)9-10-18(17)25-4/h5-11,14H,12H2,1-4H3,(H,21,22)/t14-/m1/s1. The van der Waals surface area contributed by atoms with E-state index in [0.29, 0.717) is 17.1 Å². The molecule has 1 amide bonds. The van der Waals surface area contributed by atoms with Crippen LogP contribution in [0.5, 0.6) is 11.5 Å².